The van der Waals surface area contributed by atoms with Crippen molar-refractivity contribution in [1.29, 1.82) is 0 Å². The normalized spacial score (nSPS) is 12.4. The third-order valence-corrected chi connectivity index (χ3v) is 2.82. The minimum atomic E-state index is 0.584. The molecule has 4 nitrogen and oxygen atoms in total. The molecule has 0 saturated heterocycles. The molecule has 0 fully saturated rings. The highest BCUT2D eigenvalue weighted by atomic mass is 16.5. The Morgan fingerprint density at radius 3 is 2.83 bits per heavy atom. The van der Waals surface area contributed by atoms with Crippen LogP contribution in [0.15, 0.2) is 18.3 Å². The van der Waals surface area contributed by atoms with Gasteiger partial charge < -0.3 is 14.8 Å². The molecule has 1 unspecified atom stereocenters. The molecule has 0 aromatic carbocycles. The second kappa shape index (κ2) is 8.89. The van der Waals surface area contributed by atoms with E-state index in [0.29, 0.717) is 5.92 Å². The lowest BCUT2D eigenvalue weighted by Crippen LogP contribution is -2.19. The van der Waals surface area contributed by atoms with Crippen LogP contribution < -0.4 is 10.1 Å². The number of pyridine rings is 1. The highest BCUT2D eigenvalue weighted by molar-refractivity contribution is 5.19. The summed E-state index contributed by atoms with van der Waals surface area (Å²) in [5, 5.41) is 3.25. The van der Waals surface area contributed by atoms with Crippen molar-refractivity contribution < 1.29 is 9.47 Å². The van der Waals surface area contributed by atoms with Crippen molar-refractivity contribution in [3.63, 3.8) is 0 Å². The fraction of sp³-hybridized carbons (Fsp3) is 0.643. The van der Waals surface area contributed by atoms with Gasteiger partial charge in [0, 0.05) is 20.2 Å². The van der Waals surface area contributed by atoms with Crippen LogP contribution in [0.25, 0.3) is 0 Å². The van der Waals surface area contributed by atoms with Gasteiger partial charge in [-0.1, -0.05) is 20.3 Å². The van der Waals surface area contributed by atoms with E-state index in [0.717, 1.165) is 44.2 Å². The van der Waals surface area contributed by atoms with Gasteiger partial charge in [-0.25, -0.2) is 0 Å². The first-order valence-electron chi connectivity index (χ1n) is 6.53. The molecule has 0 bridgehead atoms. The maximum atomic E-state index is 5.65. The highest BCUT2D eigenvalue weighted by Gasteiger charge is 2.01. The molecule has 1 rings (SSSR count). The average molecular weight is 252 g/mol. The van der Waals surface area contributed by atoms with Crippen molar-refractivity contribution in [3.05, 3.63) is 24.0 Å². The Bertz CT molecular complexity index is 314. The molecule has 18 heavy (non-hydrogen) atoms. The topological polar surface area (TPSA) is 43.4 Å². The lowest BCUT2D eigenvalue weighted by Gasteiger charge is -2.11. The van der Waals surface area contributed by atoms with Crippen molar-refractivity contribution in [1.82, 2.24) is 10.3 Å². The van der Waals surface area contributed by atoms with Gasteiger partial charge in [-0.15, -0.1) is 0 Å². The molecule has 1 N–H and O–H groups in total. The van der Waals surface area contributed by atoms with Crippen LogP contribution in [0.1, 0.15) is 26.0 Å². The van der Waals surface area contributed by atoms with Gasteiger partial charge in [0.2, 0.25) is 0 Å². The van der Waals surface area contributed by atoms with Crippen LogP contribution in [0.3, 0.4) is 0 Å². The van der Waals surface area contributed by atoms with Gasteiger partial charge in [0.25, 0.3) is 0 Å². The molecule has 1 aromatic rings. The van der Waals surface area contributed by atoms with E-state index in [9.17, 15) is 0 Å². The number of ether oxygens (including phenoxy) is 2. The van der Waals surface area contributed by atoms with E-state index in [2.05, 4.69) is 24.1 Å². The second-order valence-corrected chi connectivity index (χ2v) is 4.48. The summed E-state index contributed by atoms with van der Waals surface area (Å²) < 4.78 is 10.6. The molecule has 1 atom stereocenters. The summed E-state index contributed by atoms with van der Waals surface area (Å²) in [6, 6.07) is 3.97. The van der Waals surface area contributed by atoms with Crippen LogP contribution >= 0.6 is 0 Å². The largest absolute Gasteiger partial charge is 0.492 e. The summed E-state index contributed by atoms with van der Waals surface area (Å²) in [6.07, 6.45) is 2.92. The Balaban J connectivity index is 2.28. The zero-order valence-corrected chi connectivity index (χ0v) is 11.6. The first-order valence-corrected chi connectivity index (χ1v) is 6.53. The molecular formula is C14H24N2O2. The van der Waals surface area contributed by atoms with Gasteiger partial charge in [0.15, 0.2) is 0 Å². The van der Waals surface area contributed by atoms with Gasteiger partial charge in [0.05, 0.1) is 25.1 Å². The Hall–Kier alpha value is -1.13. The molecule has 1 aromatic heterocycles. The van der Waals surface area contributed by atoms with Gasteiger partial charge >= 0.3 is 0 Å². The summed E-state index contributed by atoms with van der Waals surface area (Å²) in [6.45, 7) is 7.42. The standard InChI is InChI=1S/C14H24N2O2/c1-4-12(2)11-18-14-6-5-13(16-10-14)9-15-7-8-17-3/h5-6,10,12,15H,4,7-9,11H2,1-3H3. The first-order chi connectivity index (χ1) is 8.76. The summed E-state index contributed by atoms with van der Waals surface area (Å²) in [4.78, 5) is 4.35. The molecule has 0 spiro atoms. The second-order valence-electron chi connectivity index (χ2n) is 4.48. The van der Waals surface area contributed by atoms with Crippen LogP contribution in [0.4, 0.5) is 0 Å². The van der Waals surface area contributed by atoms with Crippen molar-refractivity contribution in [2.75, 3.05) is 26.9 Å². The third kappa shape index (κ3) is 5.98. The lowest BCUT2D eigenvalue weighted by atomic mass is 10.1. The molecule has 0 saturated carbocycles. The van der Waals surface area contributed by atoms with Crippen molar-refractivity contribution >= 4 is 0 Å². The minimum Gasteiger partial charge on any atom is -0.492 e. The summed E-state index contributed by atoms with van der Waals surface area (Å²) in [5.41, 5.74) is 1.02. The van der Waals surface area contributed by atoms with Crippen LogP contribution in [0.2, 0.25) is 0 Å². The summed E-state index contributed by atoms with van der Waals surface area (Å²) in [5.74, 6) is 1.43. The van der Waals surface area contributed by atoms with Crippen LogP contribution in [0, 0.1) is 5.92 Å². The molecule has 0 amide bonds. The van der Waals surface area contributed by atoms with E-state index in [4.69, 9.17) is 9.47 Å². The first kappa shape index (κ1) is 14.9. The summed E-state index contributed by atoms with van der Waals surface area (Å²) in [7, 11) is 1.70. The third-order valence-electron chi connectivity index (χ3n) is 2.82. The Morgan fingerprint density at radius 1 is 1.39 bits per heavy atom. The van der Waals surface area contributed by atoms with E-state index in [1.807, 2.05) is 12.1 Å². The zero-order valence-electron chi connectivity index (χ0n) is 11.6. The fourth-order valence-electron chi connectivity index (χ4n) is 1.35. The zero-order chi connectivity index (χ0) is 13.2. The molecule has 4 heteroatoms. The molecule has 1 heterocycles. The van der Waals surface area contributed by atoms with E-state index >= 15 is 0 Å². The predicted molar refractivity (Wildman–Crippen MR) is 72.8 cm³/mol. The average Bonchev–Trinajstić information content (AvgIpc) is 2.42. The number of hydrogen-bond donors (Lipinski definition) is 1. The van der Waals surface area contributed by atoms with E-state index < -0.39 is 0 Å². The molecule has 0 radical (unpaired) electrons. The minimum absolute atomic E-state index is 0.584. The van der Waals surface area contributed by atoms with E-state index in [1.54, 1.807) is 13.3 Å². The number of aromatic nitrogens is 1. The molecule has 0 aliphatic carbocycles. The maximum absolute atomic E-state index is 5.65. The van der Waals surface area contributed by atoms with Crippen molar-refractivity contribution in [2.24, 2.45) is 5.92 Å². The Labute approximate surface area is 110 Å². The molecular weight excluding hydrogens is 228 g/mol. The van der Waals surface area contributed by atoms with Crippen LogP contribution in [-0.2, 0) is 11.3 Å². The van der Waals surface area contributed by atoms with Crippen LogP contribution in [-0.4, -0.2) is 31.9 Å². The van der Waals surface area contributed by atoms with E-state index in [1.165, 1.54) is 0 Å². The number of nitrogens with one attached hydrogen (secondary N) is 1. The fourth-order valence-corrected chi connectivity index (χ4v) is 1.35. The number of methoxy groups -OCH3 is 1. The number of hydrogen-bond acceptors (Lipinski definition) is 4. The van der Waals surface area contributed by atoms with Crippen LogP contribution in [0.5, 0.6) is 5.75 Å². The Morgan fingerprint density at radius 2 is 2.22 bits per heavy atom. The van der Waals surface area contributed by atoms with Gasteiger partial charge in [-0.05, 0) is 18.1 Å². The molecule has 0 aliphatic rings. The predicted octanol–water partition coefficient (Wildman–Crippen LogP) is 2.24. The lowest BCUT2D eigenvalue weighted by molar-refractivity contribution is 0.199. The quantitative estimate of drug-likeness (QED) is 0.685. The SMILES string of the molecule is CCC(C)COc1ccc(CNCCOC)nc1. The number of nitrogens with zero attached hydrogens (tertiary/aromatic N) is 1. The smallest absolute Gasteiger partial charge is 0.137 e. The highest BCUT2D eigenvalue weighted by Crippen LogP contribution is 2.11. The van der Waals surface area contributed by atoms with Gasteiger partial charge in [0.1, 0.15) is 5.75 Å². The van der Waals surface area contributed by atoms with Gasteiger partial charge in [-0.2, -0.15) is 0 Å². The van der Waals surface area contributed by atoms with Crippen molar-refractivity contribution in [3.8, 4) is 5.75 Å². The monoisotopic (exact) mass is 252 g/mol. The summed E-state index contributed by atoms with van der Waals surface area (Å²) >= 11 is 0. The molecule has 102 valence electrons. The Kier molecular flexibility index (Phi) is 7.37. The van der Waals surface area contributed by atoms with Crippen molar-refractivity contribution in [2.45, 2.75) is 26.8 Å². The van der Waals surface area contributed by atoms with Gasteiger partial charge in [-0.3, -0.25) is 4.98 Å². The van der Waals surface area contributed by atoms with E-state index in [-0.39, 0.29) is 0 Å². The molecule has 0 aliphatic heterocycles. The maximum Gasteiger partial charge on any atom is 0.137 e. The number of rotatable bonds is 9.